The maximum absolute atomic E-state index is 11.6. The molecule has 0 aliphatic heterocycles. The van der Waals surface area contributed by atoms with E-state index >= 15 is 0 Å². The Labute approximate surface area is 109 Å². The van der Waals surface area contributed by atoms with Crippen LogP contribution in [0.25, 0.3) is 0 Å². The second kappa shape index (κ2) is 5.51. The molecule has 2 N–H and O–H groups in total. The number of halogens is 1. The van der Waals surface area contributed by atoms with E-state index in [0.29, 0.717) is 15.7 Å². The summed E-state index contributed by atoms with van der Waals surface area (Å²) in [6.07, 6.45) is -0.542. The number of aliphatic hydroxyl groups excluding tert-OH is 1. The van der Waals surface area contributed by atoms with Crippen molar-refractivity contribution in [2.75, 3.05) is 5.32 Å². The van der Waals surface area contributed by atoms with Crippen LogP contribution in [0.1, 0.15) is 26.3 Å². The Kier molecular flexibility index (Phi) is 4.54. The van der Waals surface area contributed by atoms with Crippen LogP contribution in [0.5, 0.6) is 0 Å². The number of aliphatic hydroxyl groups is 1. The van der Waals surface area contributed by atoms with Crippen molar-refractivity contribution in [3.8, 4) is 0 Å². The van der Waals surface area contributed by atoms with E-state index in [4.69, 9.17) is 4.74 Å². The van der Waals surface area contributed by atoms with Gasteiger partial charge in [-0.25, -0.2) is 4.79 Å². The highest BCUT2D eigenvalue weighted by atomic mass is 79.9. The van der Waals surface area contributed by atoms with Gasteiger partial charge in [0, 0.05) is 10.0 Å². The Morgan fingerprint density at radius 1 is 1.47 bits per heavy atom. The highest BCUT2D eigenvalue weighted by molar-refractivity contribution is 9.10. The van der Waals surface area contributed by atoms with Gasteiger partial charge in [-0.3, -0.25) is 5.32 Å². The fourth-order valence-electron chi connectivity index (χ4n) is 1.25. The largest absolute Gasteiger partial charge is 0.444 e. The first-order chi connectivity index (χ1) is 7.83. The molecule has 0 radical (unpaired) electrons. The molecule has 0 heterocycles. The number of hydrogen-bond acceptors (Lipinski definition) is 3. The van der Waals surface area contributed by atoms with Gasteiger partial charge in [0.2, 0.25) is 0 Å². The summed E-state index contributed by atoms with van der Waals surface area (Å²) in [5.41, 5.74) is 0.611. The molecule has 0 atom stereocenters. The van der Waals surface area contributed by atoms with Gasteiger partial charge in [-0.05, 0) is 42.8 Å². The molecule has 0 aliphatic rings. The smallest absolute Gasteiger partial charge is 0.412 e. The molecule has 0 saturated heterocycles. The standard InChI is InChI=1S/C12H16BrNO3/c1-12(2,3)17-11(16)14-10-8(7-15)5-4-6-9(10)13/h4-6,15H,7H2,1-3H3,(H,14,16). The molecule has 0 unspecified atom stereocenters. The van der Waals surface area contributed by atoms with Crippen LogP contribution < -0.4 is 5.32 Å². The fraction of sp³-hybridized carbons (Fsp3) is 0.417. The predicted octanol–water partition coefficient (Wildman–Crippen LogP) is 3.29. The van der Waals surface area contributed by atoms with Crippen LogP contribution in [0.3, 0.4) is 0 Å². The highest BCUT2D eigenvalue weighted by Gasteiger charge is 2.18. The molecule has 0 saturated carbocycles. The Morgan fingerprint density at radius 3 is 2.65 bits per heavy atom. The summed E-state index contributed by atoms with van der Waals surface area (Å²) in [6.45, 7) is 5.23. The van der Waals surface area contributed by atoms with Gasteiger partial charge in [-0.15, -0.1) is 0 Å². The molecule has 5 heteroatoms. The summed E-state index contributed by atoms with van der Waals surface area (Å²) in [6, 6.07) is 5.30. The minimum absolute atomic E-state index is 0.148. The van der Waals surface area contributed by atoms with E-state index in [1.165, 1.54) is 0 Å². The van der Waals surface area contributed by atoms with E-state index in [1.807, 2.05) is 0 Å². The van der Waals surface area contributed by atoms with Gasteiger partial charge in [-0.1, -0.05) is 12.1 Å². The molecule has 1 aromatic rings. The predicted molar refractivity (Wildman–Crippen MR) is 69.9 cm³/mol. The van der Waals surface area contributed by atoms with Crippen molar-refractivity contribution >= 4 is 27.7 Å². The topological polar surface area (TPSA) is 58.6 Å². The monoisotopic (exact) mass is 301 g/mol. The van der Waals surface area contributed by atoms with Crippen molar-refractivity contribution in [1.82, 2.24) is 0 Å². The van der Waals surface area contributed by atoms with Gasteiger partial charge in [0.05, 0.1) is 12.3 Å². The molecule has 94 valence electrons. The van der Waals surface area contributed by atoms with E-state index in [-0.39, 0.29) is 6.61 Å². The van der Waals surface area contributed by atoms with Crippen molar-refractivity contribution in [3.63, 3.8) is 0 Å². The number of amides is 1. The number of anilines is 1. The Balaban J connectivity index is 2.84. The summed E-state index contributed by atoms with van der Waals surface area (Å²) < 4.78 is 5.85. The van der Waals surface area contributed by atoms with Gasteiger partial charge >= 0.3 is 6.09 Å². The number of benzene rings is 1. The molecule has 17 heavy (non-hydrogen) atoms. The van der Waals surface area contributed by atoms with Crippen molar-refractivity contribution in [2.24, 2.45) is 0 Å². The van der Waals surface area contributed by atoms with E-state index < -0.39 is 11.7 Å². The van der Waals surface area contributed by atoms with Gasteiger partial charge < -0.3 is 9.84 Å². The Bertz CT molecular complexity index is 413. The third-order valence-corrected chi connectivity index (χ3v) is 2.56. The zero-order valence-corrected chi connectivity index (χ0v) is 11.7. The second-order valence-electron chi connectivity index (χ2n) is 4.56. The van der Waals surface area contributed by atoms with Gasteiger partial charge in [0.15, 0.2) is 0 Å². The number of ether oxygens (including phenoxy) is 1. The van der Waals surface area contributed by atoms with Crippen LogP contribution >= 0.6 is 15.9 Å². The quantitative estimate of drug-likeness (QED) is 0.881. The summed E-state index contributed by atoms with van der Waals surface area (Å²) in [5, 5.41) is 11.8. The Morgan fingerprint density at radius 2 is 2.12 bits per heavy atom. The molecule has 0 fully saturated rings. The minimum atomic E-state index is -0.551. The molecular weight excluding hydrogens is 286 g/mol. The minimum Gasteiger partial charge on any atom is -0.444 e. The zero-order valence-electron chi connectivity index (χ0n) is 10.1. The van der Waals surface area contributed by atoms with E-state index in [2.05, 4.69) is 21.2 Å². The van der Waals surface area contributed by atoms with Crippen molar-refractivity contribution in [3.05, 3.63) is 28.2 Å². The molecule has 0 aliphatic carbocycles. The number of para-hydroxylation sites is 1. The van der Waals surface area contributed by atoms with Crippen LogP contribution in [0, 0.1) is 0 Å². The fourth-order valence-corrected chi connectivity index (χ4v) is 1.75. The maximum atomic E-state index is 11.6. The van der Waals surface area contributed by atoms with E-state index in [9.17, 15) is 9.90 Å². The molecular formula is C12H16BrNO3. The van der Waals surface area contributed by atoms with Gasteiger partial charge in [-0.2, -0.15) is 0 Å². The van der Waals surface area contributed by atoms with Gasteiger partial charge in [0.1, 0.15) is 5.60 Å². The molecule has 1 rings (SSSR count). The first-order valence-corrected chi connectivity index (χ1v) is 6.01. The van der Waals surface area contributed by atoms with E-state index in [1.54, 1.807) is 39.0 Å². The Hall–Kier alpha value is -1.07. The molecule has 1 amide bonds. The highest BCUT2D eigenvalue weighted by Crippen LogP contribution is 2.27. The summed E-state index contributed by atoms with van der Waals surface area (Å²) in [4.78, 5) is 11.6. The van der Waals surface area contributed by atoms with Crippen LogP contribution in [0.15, 0.2) is 22.7 Å². The lowest BCUT2D eigenvalue weighted by atomic mass is 10.2. The van der Waals surface area contributed by atoms with Crippen LogP contribution in [-0.4, -0.2) is 16.8 Å². The van der Waals surface area contributed by atoms with E-state index in [0.717, 1.165) is 0 Å². The molecule has 0 bridgehead atoms. The third kappa shape index (κ3) is 4.36. The SMILES string of the molecule is CC(C)(C)OC(=O)Nc1c(Br)cccc1CO. The van der Waals surface area contributed by atoms with Crippen LogP contribution in [0.4, 0.5) is 10.5 Å². The molecule has 1 aromatic carbocycles. The lowest BCUT2D eigenvalue weighted by Gasteiger charge is -2.20. The van der Waals surface area contributed by atoms with Crippen molar-refractivity contribution < 1.29 is 14.6 Å². The zero-order chi connectivity index (χ0) is 13.1. The summed E-state index contributed by atoms with van der Waals surface area (Å²) in [7, 11) is 0. The number of carbonyl (C=O) groups excluding carboxylic acids is 1. The molecule has 0 spiro atoms. The van der Waals surface area contributed by atoms with Crippen LogP contribution in [-0.2, 0) is 11.3 Å². The number of rotatable bonds is 2. The normalized spacial score (nSPS) is 11.1. The summed E-state index contributed by atoms with van der Waals surface area (Å²) >= 11 is 3.31. The second-order valence-corrected chi connectivity index (χ2v) is 5.41. The lowest BCUT2D eigenvalue weighted by molar-refractivity contribution is 0.0635. The first kappa shape index (κ1) is 14.0. The third-order valence-electron chi connectivity index (χ3n) is 1.90. The lowest BCUT2D eigenvalue weighted by Crippen LogP contribution is -2.27. The summed E-state index contributed by atoms with van der Waals surface area (Å²) in [5.74, 6) is 0. The maximum Gasteiger partial charge on any atom is 0.412 e. The molecule has 4 nitrogen and oxygen atoms in total. The average Bonchev–Trinajstić information content (AvgIpc) is 2.18. The average molecular weight is 302 g/mol. The van der Waals surface area contributed by atoms with Crippen molar-refractivity contribution in [1.29, 1.82) is 0 Å². The number of hydrogen-bond donors (Lipinski definition) is 2. The van der Waals surface area contributed by atoms with Crippen molar-refractivity contribution in [2.45, 2.75) is 33.0 Å². The number of carbonyl (C=O) groups is 1. The first-order valence-electron chi connectivity index (χ1n) is 5.22. The van der Waals surface area contributed by atoms with Crippen LogP contribution in [0.2, 0.25) is 0 Å². The van der Waals surface area contributed by atoms with Gasteiger partial charge in [0.25, 0.3) is 0 Å². The molecule has 0 aromatic heterocycles. The number of nitrogens with one attached hydrogen (secondary N) is 1.